The minimum atomic E-state index is -0.137. The van der Waals surface area contributed by atoms with Crippen LogP contribution in [0.5, 0.6) is 5.75 Å². The molecule has 0 aliphatic heterocycles. The number of para-hydroxylation sites is 1. The van der Waals surface area contributed by atoms with Crippen LogP contribution in [-0.4, -0.2) is 6.10 Å². The molecular weight excluding hydrogens is 272 g/mol. The zero-order chi connectivity index (χ0) is 14.5. The van der Waals surface area contributed by atoms with Crippen LogP contribution < -0.4 is 16.0 Å². The number of benzene rings is 2. The van der Waals surface area contributed by atoms with E-state index in [1.54, 1.807) is 0 Å². The minimum absolute atomic E-state index is 0.111. The average Bonchev–Trinajstić information content (AvgIpc) is 2.43. The maximum Gasteiger partial charge on any atom is 0.124 e. The fraction of sp³-hybridized carbons (Fsp3) is 0.250. The van der Waals surface area contributed by atoms with Crippen LogP contribution in [0.25, 0.3) is 0 Å². The summed E-state index contributed by atoms with van der Waals surface area (Å²) in [5.41, 5.74) is 4.89. The van der Waals surface area contributed by atoms with E-state index in [9.17, 15) is 0 Å². The molecule has 0 amide bonds. The Labute approximate surface area is 124 Å². The van der Waals surface area contributed by atoms with E-state index in [2.05, 4.69) is 5.43 Å². The van der Waals surface area contributed by atoms with Crippen molar-refractivity contribution >= 4 is 11.6 Å². The molecule has 0 fully saturated rings. The van der Waals surface area contributed by atoms with E-state index in [0.29, 0.717) is 5.02 Å². The third-order valence-corrected chi connectivity index (χ3v) is 3.21. The van der Waals surface area contributed by atoms with E-state index in [1.165, 1.54) is 0 Å². The third kappa shape index (κ3) is 3.51. The summed E-state index contributed by atoms with van der Waals surface area (Å²) in [7, 11) is 0. The van der Waals surface area contributed by atoms with Crippen LogP contribution in [-0.2, 0) is 0 Å². The van der Waals surface area contributed by atoms with Crippen molar-refractivity contribution in [2.45, 2.75) is 26.0 Å². The molecule has 0 aliphatic rings. The van der Waals surface area contributed by atoms with Gasteiger partial charge in [-0.3, -0.25) is 5.84 Å². The highest BCUT2D eigenvalue weighted by atomic mass is 35.5. The summed E-state index contributed by atoms with van der Waals surface area (Å²) in [6, 6.07) is 15.4. The Morgan fingerprint density at radius 1 is 1.05 bits per heavy atom. The second-order valence-electron chi connectivity index (χ2n) is 4.86. The molecule has 0 heterocycles. The second-order valence-corrected chi connectivity index (χ2v) is 5.29. The zero-order valence-electron chi connectivity index (χ0n) is 11.6. The number of ether oxygens (including phenoxy) is 1. The van der Waals surface area contributed by atoms with Gasteiger partial charge in [0, 0.05) is 10.6 Å². The molecule has 0 saturated heterocycles. The van der Waals surface area contributed by atoms with Crippen LogP contribution in [0.3, 0.4) is 0 Å². The van der Waals surface area contributed by atoms with Gasteiger partial charge in [-0.05, 0) is 37.6 Å². The van der Waals surface area contributed by atoms with Crippen molar-refractivity contribution in [3.63, 3.8) is 0 Å². The first-order valence-corrected chi connectivity index (χ1v) is 6.96. The first-order valence-electron chi connectivity index (χ1n) is 6.59. The van der Waals surface area contributed by atoms with E-state index in [4.69, 9.17) is 22.2 Å². The van der Waals surface area contributed by atoms with Gasteiger partial charge in [-0.1, -0.05) is 41.9 Å². The van der Waals surface area contributed by atoms with Gasteiger partial charge in [-0.25, -0.2) is 5.43 Å². The van der Waals surface area contributed by atoms with Crippen LogP contribution in [0.4, 0.5) is 0 Å². The molecule has 3 nitrogen and oxygen atoms in total. The Balaban J connectivity index is 2.38. The van der Waals surface area contributed by atoms with Gasteiger partial charge >= 0.3 is 0 Å². The molecule has 20 heavy (non-hydrogen) atoms. The molecule has 1 atom stereocenters. The quantitative estimate of drug-likeness (QED) is 0.652. The fourth-order valence-corrected chi connectivity index (χ4v) is 2.23. The maximum absolute atomic E-state index is 5.93. The summed E-state index contributed by atoms with van der Waals surface area (Å²) in [6.45, 7) is 4.01. The molecular formula is C16H19ClN2O. The van der Waals surface area contributed by atoms with Crippen LogP contribution in [0.2, 0.25) is 5.02 Å². The molecule has 3 N–H and O–H groups in total. The highest BCUT2D eigenvalue weighted by molar-refractivity contribution is 6.30. The van der Waals surface area contributed by atoms with E-state index < -0.39 is 0 Å². The molecule has 0 saturated carbocycles. The van der Waals surface area contributed by atoms with Crippen LogP contribution in [0.1, 0.15) is 31.0 Å². The monoisotopic (exact) mass is 290 g/mol. The number of rotatable bonds is 5. The van der Waals surface area contributed by atoms with Crippen molar-refractivity contribution in [3.8, 4) is 5.75 Å². The van der Waals surface area contributed by atoms with Crippen LogP contribution in [0, 0.1) is 0 Å². The summed E-state index contributed by atoms with van der Waals surface area (Å²) in [5.74, 6) is 6.57. The Morgan fingerprint density at radius 3 is 2.30 bits per heavy atom. The standard InChI is InChI=1S/C16H19ClN2O/c1-11(2)20-15-6-4-3-5-14(15)16(19-18)12-7-9-13(17)10-8-12/h3-11,16,19H,18H2,1-2H3. The molecule has 106 valence electrons. The number of hydrogen-bond donors (Lipinski definition) is 2. The van der Waals surface area contributed by atoms with E-state index in [0.717, 1.165) is 16.9 Å². The number of halogens is 1. The number of hydrazine groups is 1. The first-order chi connectivity index (χ1) is 9.61. The number of nitrogens with one attached hydrogen (secondary N) is 1. The molecule has 0 radical (unpaired) electrons. The van der Waals surface area contributed by atoms with Crippen molar-refractivity contribution < 1.29 is 4.74 Å². The Kier molecular flexibility index (Phi) is 5.01. The van der Waals surface area contributed by atoms with Gasteiger partial charge in [0.15, 0.2) is 0 Å². The first kappa shape index (κ1) is 14.9. The Bertz CT molecular complexity index is 555. The number of nitrogens with two attached hydrogens (primary N) is 1. The largest absolute Gasteiger partial charge is 0.491 e. The molecule has 2 aromatic carbocycles. The van der Waals surface area contributed by atoms with Crippen LogP contribution >= 0.6 is 11.6 Å². The molecule has 1 unspecified atom stereocenters. The molecule has 0 aromatic heterocycles. The summed E-state index contributed by atoms with van der Waals surface area (Å²) in [6.07, 6.45) is 0.111. The summed E-state index contributed by atoms with van der Waals surface area (Å²) < 4.78 is 5.85. The van der Waals surface area contributed by atoms with Crippen LogP contribution in [0.15, 0.2) is 48.5 Å². The van der Waals surface area contributed by atoms with E-state index >= 15 is 0 Å². The topological polar surface area (TPSA) is 47.3 Å². The zero-order valence-corrected chi connectivity index (χ0v) is 12.4. The highest BCUT2D eigenvalue weighted by Gasteiger charge is 2.17. The molecule has 0 aliphatic carbocycles. The summed E-state index contributed by atoms with van der Waals surface area (Å²) in [4.78, 5) is 0. The lowest BCUT2D eigenvalue weighted by Gasteiger charge is -2.21. The van der Waals surface area contributed by atoms with Gasteiger partial charge in [-0.2, -0.15) is 0 Å². The average molecular weight is 291 g/mol. The van der Waals surface area contributed by atoms with Gasteiger partial charge < -0.3 is 4.74 Å². The van der Waals surface area contributed by atoms with Gasteiger partial charge in [0.25, 0.3) is 0 Å². The normalized spacial score (nSPS) is 12.4. The van der Waals surface area contributed by atoms with Gasteiger partial charge in [-0.15, -0.1) is 0 Å². The Hall–Kier alpha value is -1.55. The van der Waals surface area contributed by atoms with E-state index in [-0.39, 0.29) is 12.1 Å². The van der Waals surface area contributed by atoms with Gasteiger partial charge in [0.05, 0.1) is 12.1 Å². The summed E-state index contributed by atoms with van der Waals surface area (Å²) in [5, 5.41) is 0.705. The molecule has 2 rings (SSSR count). The fourth-order valence-electron chi connectivity index (χ4n) is 2.10. The molecule has 0 spiro atoms. The number of hydrogen-bond acceptors (Lipinski definition) is 3. The predicted molar refractivity (Wildman–Crippen MR) is 82.8 cm³/mol. The smallest absolute Gasteiger partial charge is 0.124 e. The van der Waals surface area contributed by atoms with E-state index in [1.807, 2.05) is 62.4 Å². The molecule has 0 bridgehead atoms. The molecule has 4 heteroatoms. The Morgan fingerprint density at radius 2 is 1.70 bits per heavy atom. The second kappa shape index (κ2) is 6.75. The van der Waals surface area contributed by atoms with Crippen molar-refractivity contribution in [2.24, 2.45) is 5.84 Å². The SMILES string of the molecule is CC(C)Oc1ccccc1C(NN)c1ccc(Cl)cc1. The highest BCUT2D eigenvalue weighted by Crippen LogP contribution is 2.30. The lowest BCUT2D eigenvalue weighted by atomic mass is 9.98. The predicted octanol–water partition coefficient (Wildman–Crippen LogP) is 3.68. The lowest BCUT2D eigenvalue weighted by molar-refractivity contribution is 0.238. The lowest BCUT2D eigenvalue weighted by Crippen LogP contribution is -2.29. The van der Waals surface area contributed by atoms with Crippen molar-refractivity contribution in [2.75, 3.05) is 0 Å². The third-order valence-electron chi connectivity index (χ3n) is 2.96. The van der Waals surface area contributed by atoms with Crippen molar-refractivity contribution in [1.29, 1.82) is 0 Å². The van der Waals surface area contributed by atoms with Gasteiger partial charge in [0.1, 0.15) is 5.75 Å². The molecule has 2 aromatic rings. The maximum atomic E-state index is 5.93. The van der Waals surface area contributed by atoms with Crippen molar-refractivity contribution in [1.82, 2.24) is 5.43 Å². The summed E-state index contributed by atoms with van der Waals surface area (Å²) >= 11 is 5.93. The minimum Gasteiger partial charge on any atom is -0.491 e. The van der Waals surface area contributed by atoms with Gasteiger partial charge in [0.2, 0.25) is 0 Å². The van der Waals surface area contributed by atoms with Crippen molar-refractivity contribution in [3.05, 3.63) is 64.7 Å².